The van der Waals surface area contributed by atoms with Crippen LogP contribution < -0.4 is 5.32 Å². The molecule has 0 aliphatic carbocycles. The molecular formula is C13H17ClN2S. The standard InChI is InChI=1S/C13H17ClN2S/c14-12-2-1-3-13-11(12)8-10(17-13)9-16-6-4-15-5-7-16/h1-3,10,15H,4-9H2. The molecule has 0 saturated carbocycles. The fraction of sp³-hybridized carbons (Fsp3) is 0.538. The van der Waals surface area contributed by atoms with E-state index in [9.17, 15) is 0 Å². The molecule has 1 unspecified atom stereocenters. The summed E-state index contributed by atoms with van der Waals surface area (Å²) in [6.07, 6.45) is 1.13. The Labute approximate surface area is 112 Å². The summed E-state index contributed by atoms with van der Waals surface area (Å²) in [5.41, 5.74) is 1.36. The van der Waals surface area contributed by atoms with E-state index >= 15 is 0 Å². The molecular weight excluding hydrogens is 252 g/mol. The maximum atomic E-state index is 6.24. The number of halogens is 1. The van der Waals surface area contributed by atoms with Crippen LogP contribution in [0.3, 0.4) is 0 Å². The zero-order chi connectivity index (χ0) is 11.7. The van der Waals surface area contributed by atoms with Gasteiger partial charge in [-0.15, -0.1) is 11.8 Å². The van der Waals surface area contributed by atoms with Crippen LogP contribution in [0.1, 0.15) is 5.56 Å². The van der Waals surface area contributed by atoms with Crippen LogP contribution in [0.15, 0.2) is 23.1 Å². The molecule has 1 N–H and O–H groups in total. The quantitative estimate of drug-likeness (QED) is 0.886. The van der Waals surface area contributed by atoms with Gasteiger partial charge in [-0.25, -0.2) is 0 Å². The number of nitrogens with zero attached hydrogens (tertiary/aromatic N) is 1. The average Bonchev–Trinajstić information content (AvgIpc) is 2.74. The summed E-state index contributed by atoms with van der Waals surface area (Å²) >= 11 is 8.24. The molecule has 1 atom stereocenters. The topological polar surface area (TPSA) is 15.3 Å². The molecule has 2 aliphatic rings. The summed E-state index contributed by atoms with van der Waals surface area (Å²) < 4.78 is 0. The maximum absolute atomic E-state index is 6.24. The summed E-state index contributed by atoms with van der Waals surface area (Å²) in [7, 11) is 0. The summed E-state index contributed by atoms with van der Waals surface area (Å²) in [6.45, 7) is 5.82. The summed E-state index contributed by atoms with van der Waals surface area (Å²) in [5.74, 6) is 0. The highest BCUT2D eigenvalue weighted by Crippen LogP contribution is 2.40. The van der Waals surface area contributed by atoms with Crippen LogP contribution in [0.25, 0.3) is 0 Å². The Morgan fingerprint density at radius 3 is 2.94 bits per heavy atom. The SMILES string of the molecule is Clc1cccc2c1CC(CN1CCNCC1)S2. The Hall–Kier alpha value is -0.220. The van der Waals surface area contributed by atoms with Crippen molar-refractivity contribution in [2.45, 2.75) is 16.6 Å². The Bertz CT molecular complexity index is 404. The number of hydrogen-bond acceptors (Lipinski definition) is 3. The second-order valence-electron chi connectivity index (χ2n) is 4.71. The van der Waals surface area contributed by atoms with Crippen molar-refractivity contribution in [2.24, 2.45) is 0 Å². The first-order valence-electron chi connectivity index (χ1n) is 6.20. The minimum Gasteiger partial charge on any atom is -0.314 e. The first kappa shape index (κ1) is 11.8. The fourth-order valence-corrected chi connectivity index (χ4v) is 4.27. The zero-order valence-electron chi connectivity index (χ0n) is 9.79. The molecule has 1 saturated heterocycles. The van der Waals surface area contributed by atoms with Gasteiger partial charge >= 0.3 is 0 Å². The minimum absolute atomic E-state index is 0.683. The molecule has 1 aromatic rings. The molecule has 0 radical (unpaired) electrons. The molecule has 4 heteroatoms. The third-order valence-corrected chi connectivity index (χ3v) is 5.11. The lowest BCUT2D eigenvalue weighted by Crippen LogP contribution is -2.45. The molecule has 2 heterocycles. The van der Waals surface area contributed by atoms with Gasteiger partial charge in [0.15, 0.2) is 0 Å². The normalized spacial score (nSPS) is 24.9. The predicted octanol–water partition coefficient (Wildman–Crippen LogP) is 2.26. The van der Waals surface area contributed by atoms with Crippen molar-refractivity contribution in [1.82, 2.24) is 10.2 Å². The molecule has 1 fully saturated rings. The number of hydrogen-bond donors (Lipinski definition) is 1. The molecule has 3 rings (SSSR count). The van der Waals surface area contributed by atoms with Crippen molar-refractivity contribution in [1.29, 1.82) is 0 Å². The van der Waals surface area contributed by atoms with E-state index < -0.39 is 0 Å². The van der Waals surface area contributed by atoms with E-state index in [0.29, 0.717) is 5.25 Å². The van der Waals surface area contributed by atoms with E-state index in [4.69, 9.17) is 11.6 Å². The molecule has 0 aromatic heterocycles. The lowest BCUT2D eigenvalue weighted by atomic mass is 10.1. The lowest BCUT2D eigenvalue weighted by Gasteiger charge is -2.29. The summed E-state index contributed by atoms with van der Waals surface area (Å²) in [5, 5.41) is 5.02. The molecule has 0 amide bonds. The summed E-state index contributed by atoms with van der Waals surface area (Å²) in [6, 6.07) is 6.26. The van der Waals surface area contributed by atoms with Crippen molar-refractivity contribution >= 4 is 23.4 Å². The van der Waals surface area contributed by atoms with Crippen molar-refractivity contribution < 1.29 is 0 Å². The van der Waals surface area contributed by atoms with Crippen molar-refractivity contribution in [3.8, 4) is 0 Å². The van der Waals surface area contributed by atoms with Gasteiger partial charge in [-0.2, -0.15) is 0 Å². The number of benzene rings is 1. The predicted molar refractivity (Wildman–Crippen MR) is 74.1 cm³/mol. The van der Waals surface area contributed by atoms with Crippen LogP contribution in [-0.4, -0.2) is 42.9 Å². The molecule has 2 nitrogen and oxygen atoms in total. The largest absolute Gasteiger partial charge is 0.314 e. The number of thioether (sulfide) groups is 1. The van der Waals surface area contributed by atoms with E-state index in [1.54, 1.807) is 0 Å². The smallest absolute Gasteiger partial charge is 0.0449 e. The molecule has 92 valence electrons. The highest BCUT2D eigenvalue weighted by molar-refractivity contribution is 8.00. The lowest BCUT2D eigenvalue weighted by molar-refractivity contribution is 0.242. The average molecular weight is 269 g/mol. The van der Waals surface area contributed by atoms with Gasteiger partial charge in [0.05, 0.1) is 0 Å². The Morgan fingerprint density at radius 1 is 1.35 bits per heavy atom. The second kappa shape index (κ2) is 5.19. The van der Waals surface area contributed by atoms with E-state index in [-0.39, 0.29) is 0 Å². The number of rotatable bonds is 2. The van der Waals surface area contributed by atoms with Gasteiger partial charge in [0.25, 0.3) is 0 Å². The molecule has 0 bridgehead atoms. The monoisotopic (exact) mass is 268 g/mol. The number of fused-ring (bicyclic) bond motifs is 1. The Kier molecular flexibility index (Phi) is 3.61. The molecule has 0 spiro atoms. The maximum Gasteiger partial charge on any atom is 0.0449 e. The third-order valence-electron chi connectivity index (χ3n) is 3.47. The number of piperazine rings is 1. The van der Waals surface area contributed by atoms with E-state index in [2.05, 4.69) is 22.3 Å². The van der Waals surface area contributed by atoms with Gasteiger partial charge in [0, 0.05) is 47.9 Å². The van der Waals surface area contributed by atoms with Crippen molar-refractivity contribution in [2.75, 3.05) is 32.7 Å². The highest BCUT2D eigenvalue weighted by Gasteiger charge is 2.26. The highest BCUT2D eigenvalue weighted by atomic mass is 35.5. The van der Waals surface area contributed by atoms with Crippen LogP contribution in [0.2, 0.25) is 5.02 Å². The van der Waals surface area contributed by atoms with E-state index in [1.165, 1.54) is 30.1 Å². The van der Waals surface area contributed by atoms with Crippen LogP contribution in [0, 0.1) is 0 Å². The fourth-order valence-electron chi connectivity index (χ4n) is 2.58. The van der Waals surface area contributed by atoms with Crippen LogP contribution in [-0.2, 0) is 6.42 Å². The van der Waals surface area contributed by atoms with Gasteiger partial charge in [0.1, 0.15) is 0 Å². The second-order valence-corrected chi connectivity index (χ2v) is 6.46. The molecule has 17 heavy (non-hydrogen) atoms. The first-order chi connectivity index (χ1) is 8.33. The van der Waals surface area contributed by atoms with Crippen LogP contribution in [0.4, 0.5) is 0 Å². The molecule has 1 aromatic carbocycles. The van der Waals surface area contributed by atoms with Crippen LogP contribution in [0.5, 0.6) is 0 Å². The Balaban J connectivity index is 1.63. The third kappa shape index (κ3) is 2.63. The number of nitrogens with one attached hydrogen (secondary N) is 1. The van der Waals surface area contributed by atoms with E-state index in [1.807, 2.05) is 17.8 Å². The summed E-state index contributed by atoms with van der Waals surface area (Å²) in [4.78, 5) is 3.95. The van der Waals surface area contributed by atoms with Gasteiger partial charge in [-0.05, 0) is 24.1 Å². The van der Waals surface area contributed by atoms with Gasteiger partial charge in [-0.3, -0.25) is 4.90 Å². The van der Waals surface area contributed by atoms with Gasteiger partial charge < -0.3 is 5.32 Å². The van der Waals surface area contributed by atoms with E-state index in [0.717, 1.165) is 24.5 Å². The minimum atomic E-state index is 0.683. The molecule has 2 aliphatic heterocycles. The van der Waals surface area contributed by atoms with Crippen molar-refractivity contribution in [3.63, 3.8) is 0 Å². The van der Waals surface area contributed by atoms with Crippen molar-refractivity contribution in [3.05, 3.63) is 28.8 Å². The van der Waals surface area contributed by atoms with Gasteiger partial charge in [0.2, 0.25) is 0 Å². The van der Waals surface area contributed by atoms with Crippen LogP contribution >= 0.6 is 23.4 Å². The van der Waals surface area contributed by atoms with Gasteiger partial charge in [-0.1, -0.05) is 17.7 Å². The first-order valence-corrected chi connectivity index (χ1v) is 7.46. The zero-order valence-corrected chi connectivity index (χ0v) is 11.4. The Morgan fingerprint density at radius 2 is 2.18 bits per heavy atom.